The molecule has 0 spiro atoms. The van der Waals surface area contributed by atoms with E-state index in [0.29, 0.717) is 6.54 Å². The molecule has 1 unspecified atom stereocenters. The normalized spacial score (nSPS) is 12.3. The quantitative estimate of drug-likeness (QED) is 0.628. The van der Waals surface area contributed by atoms with E-state index in [-0.39, 0.29) is 16.7 Å². The Kier molecular flexibility index (Phi) is 5.05. The minimum Gasteiger partial charge on any atom is -0.310 e. The van der Waals surface area contributed by atoms with Crippen LogP contribution in [0.15, 0.2) is 36.7 Å². The number of nitro groups is 1. The zero-order valence-electron chi connectivity index (χ0n) is 12.3. The highest BCUT2D eigenvalue weighted by atomic mass is 16.6. The average Bonchev–Trinajstić information content (AvgIpc) is 2.93. The molecule has 21 heavy (non-hydrogen) atoms. The number of nitrogens with one attached hydrogen (secondary N) is 1. The highest BCUT2D eigenvalue weighted by molar-refractivity contribution is 5.34. The molecule has 1 atom stereocenters. The topological polar surface area (TPSA) is 73.0 Å². The molecule has 6 nitrogen and oxygen atoms in total. The van der Waals surface area contributed by atoms with Crippen molar-refractivity contribution in [3.8, 4) is 0 Å². The second-order valence-electron chi connectivity index (χ2n) is 5.07. The Bertz CT molecular complexity index is 609. The van der Waals surface area contributed by atoms with Gasteiger partial charge in [-0.15, -0.1) is 0 Å². The summed E-state index contributed by atoms with van der Waals surface area (Å²) in [5.41, 5.74) is 2.10. The molecule has 0 saturated carbocycles. The van der Waals surface area contributed by atoms with E-state index in [4.69, 9.17) is 0 Å². The van der Waals surface area contributed by atoms with E-state index in [0.717, 1.165) is 24.1 Å². The maximum atomic E-state index is 10.8. The van der Waals surface area contributed by atoms with Gasteiger partial charge < -0.3 is 5.32 Å². The molecule has 1 aromatic heterocycles. The van der Waals surface area contributed by atoms with Crippen LogP contribution in [0.2, 0.25) is 0 Å². The van der Waals surface area contributed by atoms with Gasteiger partial charge in [-0.25, -0.2) is 0 Å². The monoisotopic (exact) mass is 288 g/mol. The third-order valence-corrected chi connectivity index (χ3v) is 3.32. The van der Waals surface area contributed by atoms with Gasteiger partial charge in [0.1, 0.15) is 0 Å². The highest BCUT2D eigenvalue weighted by Crippen LogP contribution is 2.15. The van der Waals surface area contributed by atoms with Crippen molar-refractivity contribution in [2.45, 2.75) is 32.9 Å². The second-order valence-corrected chi connectivity index (χ2v) is 5.07. The summed E-state index contributed by atoms with van der Waals surface area (Å²) in [6.45, 7) is 5.73. The van der Waals surface area contributed by atoms with E-state index in [1.807, 2.05) is 18.5 Å². The van der Waals surface area contributed by atoms with Crippen LogP contribution in [0.3, 0.4) is 0 Å². The molecule has 1 heterocycles. The molecular weight excluding hydrogens is 268 g/mol. The number of non-ortho nitro benzene ring substituents is 1. The zero-order valence-corrected chi connectivity index (χ0v) is 12.3. The van der Waals surface area contributed by atoms with E-state index < -0.39 is 0 Å². The molecule has 0 aliphatic rings. The van der Waals surface area contributed by atoms with Crippen LogP contribution >= 0.6 is 0 Å². The Morgan fingerprint density at radius 1 is 1.48 bits per heavy atom. The van der Waals surface area contributed by atoms with Crippen molar-refractivity contribution in [3.05, 3.63) is 57.9 Å². The lowest BCUT2D eigenvalue weighted by Gasteiger charge is -2.10. The minimum atomic E-state index is -0.380. The van der Waals surface area contributed by atoms with Gasteiger partial charge in [0, 0.05) is 29.9 Å². The number of hydrogen-bond acceptors (Lipinski definition) is 4. The van der Waals surface area contributed by atoms with Crippen molar-refractivity contribution in [1.82, 2.24) is 15.1 Å². The summed E-state index contributed by atoms with van der Waals surface area (Å²) in [6.07, 6.45) is 4.91. The van der Waals surface area contributed by atoms with Crippen LogP contribution in [0.25, 0.3) is 0 Å². The van der Waals surface area contributed by atoms with Crippen LogP contribution in [0.5, 0.6) is 0 Å². The molecule has 2 aromatic rings. The summed E-state index contributed by atoms with van der Waals surface area (Å²) in [7, 11) is 0. The fraction of sp³-hybridized carbons (Fsp3) is 0.400. The molecule has 0 fully saturated rings. The van der Waals surface area contributed by atoms with E-state index in [1.54, 1.807) is 16.8 Å². The fourth-order valence-electron chi connectivity index (χ4n) is 2.12. The molecule has 1 aromatic carbocycles. The Hall–Kier alpha value is -2.21. The van der Waals surface area contributed by atoms with Crippen molar-refractivity contribution in [2.75, 3.05) is 6.54 Å². The van der Waals surface area contributed by atoms with Crippen LogP contribution in [-0.4, -0.2) is 21.2 Å². The van der Waals surface area contributed by atoms with E-state index in [2.05, 4.69) is 24.3 Å². The summed E-state index contributed by atoms with van der Waals surface area (Å²) in [5.74, 6) is 0. The first-order valence-electron chi connectivity index (χ1n) is 7.09. The van der Waals surface area contributed by atoms with Crippen LogP contribution in [0.1, 0.15) is 37.4 Å². The van der Waals surface area contributed by atoms with Crippen LogP contribution in [-0.2, 0) is 6.54 Å². The Balaban J connectivity index is 2.05. The maximum Gasteiger partial charge on any atom is 0.269 e. The van der Waals surface area contributed by atoms with Gasteiger partial charge in [0.25, 0.3) is 5.69 Å². The van der Waals surface area contributed by atoms with Crippen molar-refractivity contribution in [1.29, 1.82) is 0 Å². The predicted octanol–water partition coefficient (Wildman–Crippen LogP) is 2.90. The maximum absolute atomic E-state index is 10.8. The second kappa shape index (κ2) is 6.99. The van der Waals surface area contributed by atoms with Gasteiger partial charge in [-0.1, -0.05) is 19.1 Å². The largest absolute Gasteiger partial charge is 0.310 e. The molecule has 0 aliphatic heterocycles. The van der Waals surface area contributed by atoms with Gasteiger partial charge in [0.2, 0.25) is 0 Å². The minimum absolute atomic E-state index is 0.109. The third kappa shape index (κ3) is 4.13. The van der Waals surface area contributed by atoms with Crippen LogP contribution < -0.4 is 5.32 Å². The van der Waals surface area contributed by atoms with Gasteiger partial charge in [-0.3, -0.25) is 14.8 Å². The SMILES string of the molecule is CCCNC(C)c1cnn(Cc2cccc([N+](=O)[O-])c2)c1. The number of aromatic nitrogens is 2. The lowest BCUT2D eigenvalue weighted by molar-refractivity contribution is -0.384. The first-order chi connectivity index (χ1) is 10.1. The number of nitrogens with zero attached hydrogens (tertiary/aromatic N) is 3. The van der Waals surface area contributed by atoms with Gasteiger partial charge in [0.15, 0.2) is 0 Å². The summed E-state index contributed by atoms with van der Waals surface area (Å²) in [5, 5.41) is 18.5. The Labute approximate surface area is 123 Å². The predicted molar refractivity (Wildman–Crippen MR) is 81.1 cm³/mol. The van der Waals surface area contributed by atoms with Crippen molar-refractivity contribution < 1.29 is 4.92 Å². The lowest BCUT2D eigenvalue weighted by Crippen LogP contribution is -2.18. The first-order valence-corrected chi connectivity index (χ1v) is 7.09. The molecule has 6 heteroatoms. The number of nitro benzene ring substituents is 1. The Morgan fingerprint density at radius 3 is 3.00 bits per heavy atom. The smallest absolute Gasteiger partial charge is 0.269 e. The summed E-state index contributed by atoms with van der Waals surface area (Å²) < 4.78 is 1.80. The van der Waals surface area contributed by atoms with Crippen molar-refractivity contribution >= 4 is 5.69 Å². The van der Waals surface area contributed by atoms with E-state index >= 15 is 0 Å². The zero-order chi connectivity index (χ0) is 15.2. The summed E-state index contributed by atoms with van der Waals surface area (Å²) in [4.78, 5) is 10.4. The molecule has 0 saturated heterocycles. The summed E-state index contributed by atoms with van der Waals surface area (Å²) in [6, 6.07) is 6.90. The van der Waals surface area contributed by atoms with Gasteiger partial charge in [0.05, 0.1) is 17.7 Å². The average molecular weight is 288 g/mol. The van der Waals surface area contributed by atoms with Gasteiger partial charge in [-0.2, -0.15) is 5.10 Å². The molecule has 0 radical (unpaired) electrons. The number of rotatable bonds is 7. The molecule has 112 valence electrons. The molecule has 0 bridgehead atoms. The van der Waals surface area contributed by atoms with Gasteiger partial charge >= 0.3 is 0 Å². The molecule has 2 rings (SSSR count). The van der Waals surface area contributed by atoms with E-state index in [9.17, 15) is 10.1 Å². The first kappa shape index (κ1) is 15.2. The number of hydrogen-bond donors (Lipinski definition) is 1. The summed E-state index contributed by atoms with van der Waals surface area (Å²) >= 11 is 0. The molecular formula is C15H20N4O2. The lowest BCUT2D eigenvalue weighted by atomic mass is 10.2. The highest BCUT2D eigenvalue weighted by Gasteiger charge is 2.09. The van der Waals surface area contributed by atoms with Crippen LogP contribution in [0, 0.1) is 10.1 Å². The fourth-order valence-corrected chi connectivity index (χ4v) is 2.12. The van der Waals surface area contributed by atoms with Crippen molar-refractivity contribution in [2.24, 2.45) is 0 Å². The molecule has 0 aliphatic carbocycles. The standard InChI is InChI=1S/C15H20N4O2/c1-3-7-16-12(2)14-9-17-18(11-14)10-13-5-4-6-15(8-13)19(20)21/h4-6,8-9,11-12,16H,3,7,10H2,1-2H3. The molecule has 1 N–H and O–H groups in total. The Morgan fingerprint density at radius 2 is 2.29 bits per heavy atom. The third-order valence-electron chi connectivity index (χ3n) is 3.32. The van der Waals surface area contributed by atoms with Gasteiger partial charge in [-0.05, 0) is 25.5 Å². The van der Waals surface area contributed by atoms with E-state index in [1.165, 1.54) is 6.07 Å². The molecule has 0 amide bonds. The van der Waals surface area contributed by atoms with Crippen LogP contribution in [0.4, 0.5) is 5.69 Å². The van der Waals surface area contributed by atoms with Crippen molar-refractivity contribution in [3.63, 3.8) is 0 Å². The number of benzene rings is 1.